The van der Waals surface area contributed by atoms with E-state index in [2.05, 4.69) is 20.8 Å². The molecule has 3 unspecified atom stereocenters. The van der Waals surface area contributed by atoms with Crippen LogP contribution in [0.4, 0.5) is 0 Å². The number of carbonyl (C=O) groups is 2. The average Bonchev–Trinajstić information content (AvgIpc) is 2.91. The van der Waals surface area contributed by atoms with E-state index in [1.54, 1.807) is 0 Å². The lowest BCUT2D eigenvalue weighted by molar-refractivity contribution is -0.145. The summed E-state index contributed by atoms with van der Waals surface area (Å²) in [5.74, 6) is 2.15. The molecule has 0 bridgehead atoms. The van der Waals surface area contributed by atoms with Crippen molar-refractivity contribution in [3.63, 3.8) is 0 Å². The molecule has 4 rings (SSSR count). The van der Waals surface area contributed by atoms with E-state index < -0.39 is 0 Å². The number of ether oxygens (including phenoxy) is 1. The molecule has 0 heterocycles. The summed E-state index contributed by atoms with van der Waals surface area (Å²) in [7, 11) is 0. The fourth-order valence-corrected chi connectivity index (χ4v) is 7.67. The largest absolute Gasteiger partial charge is 0.434 e. The van der Waals surface area contributed by atoms with Crippen LogP contribution in [0.3, 0.4) is 0 Å². The number of fused-ring (bicyclic) bond motifs is 5. The monoisotopic (exact) mass is 374 g/mol. The van der Waals surface area contributed by atoms with Gasteiger partial charge < -0.3 is 9.84 Å². The van der Waals surface area contributed by atoms with Crippen LogP contribution in [0.2, 0.25) is 0 Å². The fourth-order valence-electron chi connectivity index (χ4n) is 7.67. The number of Topliss-reactive ketones (excluding diaryl/α,β-unsaturated/α-hetero) is 1. The van der Waals surface area contributed by atoms with Crippen molar-refractivity contribution in [3.8, 4) is 0 Å². The van der Waals surface area contributed by atoms with Crippen molar-refractivity contribution in [3.05, 3.63) is 11.8 Å². The highest BCUT2D eigenvalue weighted by Gasteiger charge is 2.62. The SMILES string of the molecule is CC(=O)OC=C1C(=O)CC2CC[C@@H]3[C@@H](CC[C@]4(C)C(O)CC[C@@H]34)[C@@]2(C)C1C. The van der Waals surface area contributed by atoms with E-state index in [0.717, 1.165) is 32.1 Å². The first-order valence-electron chi connectivity index (χ1n) is 10.8. The molecule has 0 spiro atoms. The molecule has 4 heteroatoms. The molecule has 4 aliphatic rings. The van der Waals surface area contributed by atoms with E-state index in [0.29, 0.717) is 35.7 Å². The Morgan fingerprint density at radius 3 is 2.59 bits per heavy atom. The van der Waals surface area contributed by atoms with Crippen molar-refractivity contribution in [2.24, 2.45) is 40.4 Å². The summed E-state index contributed by atoms with van der Waals surface area (Å²) < 4.78 is 5.13. The Morgan fingerprint density at radius 1 is 1.15 bits per heavy atom. The van der Waals surface area contributed by atoms with Crippen molar-refractivity contribution < 1.29 is 19.4 Å². The summed E-state index contributed by atoms with van der Waals surface area (Å²) in [6.07, 6.45) is 8.48. The number of aliphatic hydroxyl groups excluding tert-OH is 1. The molecule has 0 radical (unpaired) electrons. The van der Waals surface area contributed by atoms with Crippen molar-refractivity contribution in [1.29, 1.82) is 0 Å². The van der Waals surface area contributed by atoms with Crippen molar-refractivity contribution in [1.82, 2.24) is 0 Å². The number of hydrogen-bond donors (Lipinski definition) is 1. The van der Waals surface area contributed by atoms with Gasteiger partial charge in [-0.3, -0.25) is 9.59 Å². The molecule has 0 aliphatic heterocycles. The maximum absolute atomic E-state index is 12.8. The summed E-state index contributed by atoms with van der Waals surface area (Å²) in [5, 5.41) is 10.6. The van der Waals surface area contributed by atoms with Gasteiger partial charge in [0.1, 0.15) is 6.26 Å². The molecule has 150 valence electrons. The van der Waals surface area contributed by atoms with Crippen molar-refractivity contribution in [2.75, 3.05) is 0 Å². The van der Waals surface area contributed by atoms with Gasteiger partial charge in [0.15, 0.2) is 5.78 Å². The van der Waals surface area contributed by atoms with E-state index in [1.165, 1.54) is 19.6 Å². The first-order valence-corrected chi connectivity index (χ1v) is 10.8. The maximum atomic E-state index is 12.8. The van der Waals surface area contributed by atoms with E-state index in [-0.39, 0.29) is 34.6 Å². The minimum atomic E-state index is -0.371. The van der Waals surface area contributed by atoms with E-state index in [1.807, 2.05) is 0 Å². The maximum Gasteiger partial charge on any atom is 0.307 e. The molecule has 1 N–H and O–H groups in total. The zero-order valence-corrected chi connectivity index (χ0v) is 17.2. The standard InChI is InChI=1S/C23H34O4/c1-13-17(12-27-14(2)24)20(25)11-15-5-6-16-18-7-8-21(26)22(18,3)10-9-19(16)23(13,15)4/h12-13,15-16,18-19,21,26H,5-11H2,1-4H3/t13?,15?,16-,18-,19+,21?,22-,23-/m0/s1. The van der Waals surface area contributed by atoms with Gasteiger partial charge in [0, 0.05) is 18.9 Å². The van der Waals surface area contributed by atoms with Gasteiger partial charge in [0.05, 0.1) is 6.10 Å². The van der Waals surface area contributed by atoms with Gasteiger partial charge in [-0.2, -0.15) is 0 Å². The Hall–Kier alpha value is -1.16. The lowest BCUT2D eigenvalue weighted by atomic mass is 9.42. The second kappa shape index (κ2) is 6.43. The molecule has 4 fully saturated rings. The normalized spacial score (nSPS) is 50.7. The van der Waals surface area contributed by atoms with Gasteiger partial charge in [-0.25, -0.2) is 0 Å². The Bertz CT molecular complexity index is 682. The quantitative estimate of drug-likeness (QED) is 0.423. The molecule has 0 aromatic carbocycles. The Balaban J connectivity index is 1.67. The van der Waals surface area contributed by atoms with Crippen molar-refractivity contribution in [2.45, 2.75) is 78.7 Å². The molecule has 0 aromatic heterocycles. The number of rotatable bonds is 1. The number of allylic oxidation sites excluding steroid dienone is 1. The van der Waals surface area contributed by atoms with Crippen LogP contribution in [0.25, 0.3) is 0 Å². The van der Waals surface area contributed by atoms with Gasteiger partial charge >= 0.3 is 5.97 Å². The zero-order valence-electron chi connectivity index (χ0n) is 17.2. The van der Waals surface area contributed by atoms with Gasteiger partial charge in [0.2, 0.25) is 0 Å². The van der Waals surface area contributed by atoms with Crippen LogP contribution in [-0.4, -0.2) is 23.0 Å². The summed E-state index contributed by atoms with van der Waals surface area (Å²) in [6.45, 7) is 8.24. The number of ketones is 1. The van der Waals surface area contributed by atoms with Crippen LogP contribution >= 0.6 is 0 Å². The third kappa shape index (κ3) is 2.66. The third-order valence-corrected chi connectivity index (χ3v) is 9.42. The highest BCUT2D eigenvalue weighted by atomic mass is 16.5. The molecule has 4 nitrogen and oxygen atoms in total. The molecule has 4 saturated carbocycles. The van der Waals surface area contributed by atoms with Gasteiger partial charge in [-0.15, -0.1) is 0 Å². The minimum absolute atomic E-state index is 0.0671. The topological polar surface area (TPSA) is 63.6 Å². The van der Waals surface area contributed by atoms with Gasteiger partial charge in [0.25, 0.3) is 0 Å². The van der Waals surface area contributed by atoms with Crippen LogP contribution in [0.15, 0.2) is 11.8 Å². The number of carbonyl (C=O) groups excluding carboxylic acids is 2. The number of hydrogen-bond acceptors (Lipinski definition) is 4. The first-order chi connectivity index (χ1) is 12.7. The lowest BCUT2D eigenvalue weighted by Crippen LogP contribution is -2.57. The fraction of sp³-hybridized carbons (Fsp3) is 0.826. The number of esters is 1. The molecule has 4 aliphatic carbocycles. The van der Waals surface area contributed by atoms with Crippen LogP contribution < -0.4 is 0 Å². The molecular formula is C23H34O4. The van der Waals surface area contributed by atoms with Crippen LogP contribution in [0.1, 0.15) is 72.6 Å². The Kier molecular flexibility index (Phi) is 4.57. The van der Waals surface area contributed by atoms with E-state index in [4.69, 9.17) is 4.74 Å². The number of aliphatic hydroxyl groups is 1. The highest BCUT2D eigenvalue weighted by molar-refractivity contribution is 5.97. The van der Waals surface area contributed by atoms with Crippen molar-refractivity contribution >= 4 is 11.8 Å². The van der Waals surface area contributed by atoms with E-state index >= 15 is 0 Å². The molecule has 0 amide bonds. The summed E-state index contributed by atoms with van der Waals surface area (Å²) in [4.78, 5) is 24.0. The van der Waals surface area contributed by atoms with Crippen LogP contribution in [0.5, 0.6) is 0 Å². The average molecular weight is 375 g/mol. The summed E-state index contributed by atoms with van der Waals surface area (Å²) >= 11 is 0. The Morgan fingerprint density at radius 2 is 1.89 bits per heavy atom. The van der Waals surface area contributed by atoms with Gasteiger partial charge in [-0.05, 0) is 78.9 Å². The molecule has 0 saturated heterocycles. The lowest BCUT2D eigenvalue weighted by Gasteiger charge is -2.62. The molecule has 27 heavy (non-hydrogen) atoms. The summed E-state index contributed by atoms with van der Waals surface area (Å²) in [6, 6.07) is 0. The Labute approximate surface area is 162 Å². The zero-order chi connectivity index (χ0) is 19.6. The third-order valence-electron chi connectivity index (χ3n) is 9.42. The highest BCUT2D eigenvalue weighted by Crippen LogP contribution is 2.67. The molecule has 0 aromatic rings. The van der Waals surface area contributed by atoms with Crippen LogP contribution in [0, 0.1) is 40.4 Å². The molecule has 8 atom stereocenters. The summed E-state index contributed by atoms with van der Waals surface area (Å²) in [5.41, 5.74) is 0.844. The van der Waals surface area contributed by atoms with Gasteiger partial charge in [-0.1, -0.05) is 20.8 Å². The minimum Gasteiger partial charge on any atom is -0.434 e. The van der Waals surface area contributed by atoms with E-state index in [9.17, 15) is 14.7 Å². The predicted molar refractivity (Wildman–Crippen MR) is 103 cm³/mol. The molecular weight excluding hydrogens is 340 g/mol. The second-order valence-corrected chi connectivity index (χ2v) is 10.2. The second-order valence-electron chi connectivity index (χ2n) is 10.2. The smallest absolute Gasteiger partial charge is 0.307 e. The van der Waals surface area contributed by atoms with Crippen LogP contribution in [-0.2, 0) is 14.3 Å². The predicted octanol–water partition coefficient (Wildman–Crippen LogP) is 4.26. The first kappa shape index (κ1) is 19.2.